The molecule has 0 aromatic heterocycles. The molecular formula is C52H82O6. The predicted octanol–water partition coefficient (Wildman–Crippen LogP) is 14.8. The molecule has 0 bridgehead atoms. The van der Waals surface area contributed by atoms with Gasteiger partial charge in [0.1, 0.15) is 13.2 Å². The number of carbonyl (C=O) groups excluding carboxylic acids is 3. The second kappa shape index (κ2) is 45.8. The minimum Gasteiger partial charge on any atom is -0.462 e. The highest BCUT2D eigenvalue weighted by Crippen LogP contribution is 2.12. The molecule has 6 heteroatoms. The third kappa shape index (κ3) is 43.2. The van der Waals surface area contributed by atoms with Gasteiger partial charge in [-0.1, -0.05) is 156 Å². The van der Waals surface area contributed by atoms with Crippen LogP contribution in [0.3, 0.4) is 0 Å². The quantitative estimate of drug-likeness (QED) is 0.0267. The van der Waals surface area contributed by atoms with Gasteiger partial charge in [0.15, 0.2) is 6.10 Å². The Morgan fingerprint density at radius 3 is 1.00 bits per heavy atom. The van der Waals surface area contributed by atoms with Gasteiger partial charge in [-0.15, -0.1) is 0 Å². The maximum absolute atomic E-state index is 12.7. The molecule has 6 nitrogen and oxygen atoms in total. The summed E-state index contributed by atoms with van der Waals surface area (Å²) >= 11 is 0. The number of carbonyl (C=O) groups is 3. The number of hydrogen-bond donors (Lipinski definition) is 0. The van der Waals surface area contributed by atoms with E-state index in [2.05, 4.69) is 130 Å². The monoisotopic (exact) mass is 803 g/mol. The molecule has 0 radical (unpaired) electrons. The minimum absolute atomic E-state index is 0.115. The fourth-order valence-corrected chi connectivity index (χ4v) is 5.66. The highest BCUT2D eigenvalue weighted by atomic mass is 16.6. The molecule has 0 aromatic carbocycles. The molecule has 0 fully saturated rings. The van der Waals surface area contributed by atoms with Crippen LogP contribution in [0.5, 0.6) is 0 Å². The largest absolute Gasteiger partial charge is 0.462 e. The molecule has 1 unspecified atom stereocenters. The smallest absolute Gasteiger partial charge is 0.306 e. The summed E-state index contributed by atoms with van der Waals surface area (Å²) < 4.78 is 16.6. The van der Waals surface area contributed by atoms with Crippen molar-refractivity contribution in [1.82, 2.24) is 0 Å². The minimum atomic E-state index is -0.819. The van der Waals surface area contributed by atoms with Gasteiger partial charge < -0.3 is 14.2 Å². The highest BCUT2D eigenvalue weighted by Gasteiger charge is 2.19. The summed E-state index contributed by atoms with van der Waals surface area (Å²) in [6, 6.07) is 0. The van der Waals surface area contributed by atoms with E-state index < -0.39 is 6.10 Å². The number of esters is 3. The van der Waals surface area contributed by atoms with Crippen molar-refractivity contribution in [3.8, 4) is 0 Å². The summed E-state index contributed by atoms with van der Waals surface area (Å²) in [5, 5.41) is 0. The van der Waals surface area contributed by atoms with Crippen molar-refractivity contribution in [2.45, 2.75) is 187 Å². The summed E-state index contributed by atoms with van der Waals surface area (Å²) in [5.41, 5.74) is 0. The first kappa shape index (κ1) is 54.1. The first-order valence-corrected chi connectivity index (χ1v) is 22.9. The van der Waals surface area contributed by atoms with Crippen LogP contribution in [0.1, 0.15) is 181 Å². The van der Waals surface area contributed by atoms with Crippen LogP contribution in [0.25, 0.3) is 0 Å². The van der Waals surface area contributed by atoms with Crippen molar-refractivity contribution in [2.75, 3.05) is 13.2 Å². The van der Waals surface area contributed by atoms with Crippen molar-refractivity contribution in [1.29, 1.82) is 0 Å². The Labute approximate surface area is 355 Å². The van der Waals surface area contributed by atoms with E-state index in [1.54, 1.807) is 0 Å². The van der Waals surface area contributed by atoms with E-state index in [0.29, 0.717) is 25.7 Å². The zero-order valence-electron chi connectivity index (χ0n) is 37.0. The number of rotatable bonds is 39. The topological polar surface area (TPSA) is 78.9 Å². The van der Waals surface area contributed by atoms with Crippen LogP contribution in [-0.2, 0) is 28.6 Å². The Balaban J connectivity index is 4.51. The van der Waals surface area contributed by atoms with Gasteiger partial charge in [-0.2, -0.15) is 0 Å². The Morgan fingerprint density at radius 1 is 0.345 bits per heavy atom. The normalized spacial score (nSPS) is 13.1. The molecule has 0 aliphatic rings. The van der Waals surface area contributed by atoms with Gasteiger partial charge in [0.2, 0.25) is 0 Å². The lowest BCUT2D eigenvalue weighted by atomic mass is 10.1. The summed E-state index contributed by atoms with van der Waals surface area (Å²) in [6.45, 7) is 6.18. The molecular weight excluding hydrogens is 721 g/mol. The Morgan fingerprint density at radius 2 is 0.621 bits per heavy atom. The van der Waals surface area contributed by atoms with Crippen LogP contribution in [0.15, 0.2) is 109 Å². The van der Waals surface area contributed by atoms with Gasteiger partial charge in [-0.3, -0.25) is 14.4 Å². The standard InChI is InChI=1S/C52H82O6/c1-4-7-10-13-16-19-22-25-26-27-28-31-33-36-39-42-45-51(54)57-48-49(58-52(55)46-43-40-37-34-30-24-21-18-15-12-9-6-3)47-56-50(53)44-41-38-35-32-29-23-20-17-14-11-8-5-2/h7-12,16-21,25-26,29-30,32,34,49H,4-6,13-15,22-24,27-28,31,33,35-48H2,1-3H3/b10-7-,11-8-,12-9-,19-16-,20-17-,21-18-,26-25-,32-29-,34-30-. The molecule has 0 saturated carbocycles. The summed E-state index contributed by atoms with van der Waals surface area (Å²) in [7, 11) is 0. The third-order valence-electron chi connectivity index (χ3n) is 9.00. The zero-order chi connectivity index (χ0) is 42.3. The Bertz CT molecular complexity index is 1240. The van der Waals surface area contributed by atoms with E-state index in [-0.39, 0.29) is 37.5 Å². The van der Waals surface area contributed by atoms with Crippen LogP contribution in [0, 0.1) is 0 Å². The fourth-order valence-electron chi connectivity index (χ4n) is 5.66. The first-order chi connectivity index (χ1) is 28.5. The molecule has 0 amide bonds. The van der Waals surface area contributed by atoms with Crippen LogP contribution < -0.4 is 0 Å². The molecule has 1 atom stereocenters. The van der Waals surface area contributed by atoms with E-state index in [1.165, 1.54) is 12.8 Å². The van der Waals surface area contributed by atoms with Crippen LogP contribution in [-0.4, -0.2) is 37.2 Å². The maximum atomic E-state index is 12.7. The van der Waals surface area contributed by atoms with Crippen LogP contribution >= 0.6 is 0 Å². The number of unbranched alkanes of at least 4 members (excludes halogenated alkanes) is 10. The van der Waals surface area contributed by atoms with E-state index in [0.717, 1.165) is 116 Å². The average molecular weight is 803 g/mol. The van der Waals surface area contributed by atoms with Gasteiger partial charge in [0.25, 0.3) is 0 Å². The molecule has 0 aromatic rings. The zero-order valence-corrected chi connectivity index (χ0v) is 37.0. The van der Waals surface area contributed by atoms with Crippen LogP contribution in [0.4, 0.5) is 0 Å². The lowest BCUT2D eigenvalue weighted by molar-refractivity contribution is -0.167. The van der Waals surface area contributed by atoms with Crippen molar-refractivity contribution in [2.24, 2.45) is 0 Å². The van der Waals surface area contributed by atoms with Gasteiger partial charge >= 0.3 is 17.9 Å². The van der Waals surface area contributed by atoms with Gasteiger partial charge in [0.05, 0.1) is 0 Å². The van der Waals surface area contributed by atoms with Gasteiger partial charge in [0, 0.05) is 19.3 Å². The second-order valence-electron chi connectivity index (χ2n) is 14.5. The van der Waals surface area contributed by atoms with E-state index >= 15 is 0 Å². The summed E-state index contributed by atoms with van der Waals surface area (Å²) in [5.74, 6) is -1.02. The fraction of sp³-hybridized carbons (Fsp3) is 0.596. The molecule has 0 heterocycles. The van der Waals surface area contributed by atoms with Crippen molar-refractivity contribution < 1.29 is 28.6 Å². The molecule has 0 spiro atoms. The summed E-state index contributed by atoms with van der Waals surface area (Å²) in [4.78, 5) is 37.7. The van der Waals surface area contributed by atoms with Crippen molar-refractivity contribution >= 4 is 17.9 Å². The van der Waals surface area contributed by atoms with Crippen molar-refractivity contribution in [3.63, 3.8) is 0 Å². The van der Waals surface area contributed by atoms with Gasteiger partial charge in [-0.25, -0.2) is 0 Å². The van der Waals surface area contributed by atoms with E-state index in [1.807, 2.05) is 0 Å². The molecule has 0 aliphatic heterocycles. The average Bonchev–Trinajstić information content (AvgIpc) is 3.22. The van der Waals surface area contributed by atoms with Crippen LogP contribution in [0.2, 0.25) is 0 Å². The highest BCUT2D eigenvalue weighted by molar-refractivity contribution is 5.71. The molecule has 0 aliphatic carbocycles. The Hall–Kier alpha value is -3.93. The SMILES string of the molecule is CC/C=C\C/C=C\C/C=C\CCCCCCCCC(=O)OCC(COC(=O)CCCC/C=C\C/C=C\C/C=C\CC)OC(=O)CCCC/C=C\C/C=C\C/C=C\CC. The number of ether oxygens (including phenoxy) is 3. The second-order valence-corrected chi connectivity index (χ2v) is 14.5. The van der Waals surface area contributed by atoms with Crippen molar-refractivity contribution in [3.05, 3.63) is 109 Å². The number of allylic oxidation sites excluding steroid dienone is 18. The Kier molecular flexibility index (Phi) is 42.7. The predicted molar refractivity (Wildman–Crippen MR) is 247 cm³/mol. The molecule has 58 heavy (non-hydrogen) atoms. The maximum Gasteiger partial charge on any atom is 0.306 e. The molecule has 0 rings (SSSR count). The third-order valence-corrected chi connectivity index (χ3v) is 9.00. The molecule has 326 valence electrons. The molecule has 0 saturated heterocycles. The van der Waals surface area contributed by atoms with Gasteiger partial charge in [-0.05, 0) is 116 Å². The van der Waals surface area contributed by atoms with E-state index in [4.69, 9.17) is 14.2 Å². The lowest BCUT2D eigenvalue weighted by Crippen LogP contribution is -2.30. The summed E-state index contributed by atoms with van der Waals surface area (Å²) in [6.07, 6.45) is 60.8. The van der Waals surface area contributed by atoms with E-state index in [9.17, 15) is 14.4 Å². The lowest BCUT2D eigenvalue weighted by Gasteiger charge is -2.18. The molecule has 0 N–H and O–H groups in total. The first-order valence-electron chi connectivity index (χ1n) is 22.9. The number of hydrogen-bond acceptors (Lipinski definition) is 6.